The fourth-order valence-electron chi connectivity index (χ4n) is 1.16. The highest BCUT2D eigenvalue weighted by molar-refractivity contribution is 9.10. The summed E-state index contributed by atoms with van der Waals surface area (Å²) in [6, 6.07) is 4.60. The number of hydrogen-bond acceptors (Lipinski definition) is 3. The van der Waals surface area contributed by atoms with Crippen LogP contribution in [-0.4, -0.2) is 23.5 Å². The third kappa shape index (κ3) is 3.30. The number of carbonyl (C=O) groups excluding carboxylic acids is 1. The minimum atomic E-state index is -1.06. The van der Waals surface area contributed by atoms with Gasteiger partial charge in [-0.1, -0.05) is 0 Å². The van der Waals surface area contributed by atoms with Gasteiger partial charge in [-0.3, -0.25) is 4.79 Å². The predicted octanol–water partition coefficient (Wildman–Crippen LogP) is 2.07. The molecule has 0 saturated carbocycles. The SMILES string of the molecule is CC(C)(CN)C(=O)Nc1ccc(Br)c(C(=O)O)c1. The molecule has 1 aromatic carbocycles. The van der Waals surface area contributed by atoms with Crippen molar-refractivity contribution in [3.8, 4) is 0 Å². The van der Waals surface area contributed by atoms with Crippen molar-refractivity contribution in [1.29, 1.82) is 0 Å². The van der Waals surface area contributed by atoms with Gasteiger partial charge in [0.2, 0.25) is 5.91 Å². The standard InChI is InChI=1S/C12H15BrN2O3/c1-12(2,6-14)11(18)15-7-3-4-9(13)8(5-7)10(16)17/h3-5H,6,14H2,1-2H3,(H,15,18)(H,16,17). The van der Waals surface area contributed by atoms with Gasteiger partial charge in [-0.2, -0.15) is 0 Å². The van der Waals surface area contributed by atoms with E-state index in [4.69, 9.17) is 10.8 Å². The summed E-state index contributed by atoms with van der Waals surface area (Å²) in [5.41, 5.74) is 5.33. The highest BCUT2D eigenvalue weighted by Crippen LogP contribution is 2.23. The number of carboxylic acids is 1. The maximum atomic E-state index is 11.9. The molecular formula is C12H15BrN2O3. The summed E-state index contributed by atoms with van der Waals surface area (Å²) < 4.78 is 0.464. The van der Waals surface area contributed by atoms with Crippen LogP contribution < -0.4 is 11.1 Å². The molecule has 1 rings (SSSR count). The van der Waals surface area contributed by atoms with Crippen molar-refractivity contribution in [2.75, 3.05) is 11.9 Å². The van der Waals surface area contributed by atoms with Crippen LogP contribution in [0.1, 0.15) is 24.2 Å². The van der Waals surface area contributed by atoms with Crippen molar-refractivity contribution in [3.63, 3.8) is 0 Å². The molecule has 4 N–H and O–H groups in total. The minimum absolute atomic E-state index is 0.0957. The van der Waals surface area contributed by atoms with Crippen LogP contribution in [-0.2, 0) is 4.79 Å². The van der Waals surface area contributed by atoms with Gasteiger partial charge in [0.05, 0.1) is 11.0 Å². The maximum Gasteiger partial charge on any atom is 0.336 e. The van der Waals surface area contributed by atoms with Gasteiger partial charge < -0.3 is 16.2 Å². The average molecular weight is 315 g/mol. The van der Waals surface area contributed by atoms with Crippen molar-refractivity contribution in [2.24, 2.45) is 11.1 Å². The van der Waals surface area contributed by atoms with Gasteiger partial charge in [-0.15, -0.1) is 0 Å². The Labute approximate surface area is 113 Å². The van der Waals surface area contributed by atoms with Crippen molar-refractivity contribution in [1.82, 2.24) is 0 Å². The average Bonchev–Trinajstić information content (AvgIpc) is 2.31. The second-order valence-electron chi connectivity index (χ2n) is 4.54. The zero-order chi connectivity index (χ0) is 13.9. The largest absolute Gasteiger partial charge is 0.478 e. The normalized spacial score (nSPS) is 11.1. The zero-order valence-electron chi connectivity index (χ0n) is 10.2. The summed E-state index contributed by atoms with van der Waals surface area (Å²) in [7, 11) is 0. The molecule has 6 heteroatoms. The highest BCUT2D eigenvalue weighted by atomic mass is 79.9. The third-order valence-electron chi connectivity index (χ3n) is 2.58. The summed E-state index contributed by atoms with van der Waals surface area (Å²) in [6.07, 6.45) is 0. The Balaban J connectivity index is 2.96. The molecule has 0 bridgehead atoms. The monoisotopic (exact) mass is 314 g/mol. The quantitative estimate of drug-likeness (QED) is 0.793. The molecule has 0 heterocycles. The number of anilines is 1. The van der Waals surface area contributed by atoms with Gasteiger partial charge in [0.1, 0.15) is 0 Å². The molecule has 0 unspecified atom stereocenters. The van der Waals surface area contributed by atoms with Crippen LogP contribution in [0.4, 0.5) is 5.69 Å². The van der Waals surface area contributed by atoms with E-state index in [1.807, 2.05) is 0 Å². The summed E-state index contributed by atoms with van der Waals surface area (Å²) >= 11 is 3.14. The van der Waals surface area contributed by atoms with Crippen LogP contribution in [0.15, 0.2) is 22.7 Å². The van der Waals surface area contributed by atoms with Crippen molar-refractivity contribution in [2.45, 2.75) is 13.8 Å². The lowest BCUT2D eigenvalue weighted by Gasteiger charge is -2.21. The summed E-state index contributed by atoms with van der Waals surface area (Å²) in [6.45, 7) is 3.65. The number of rotatable bonds is 4. The summed E-state index contributed by atoms with van der Waals surface area (Å²) in [5, 5.41) is 11.6. The Hall–Kier alpha value is -1.40. The second-order valence-corrected chi connectivity index (χ2v) is 5.40. The van der Waals surface area contributed by atoms with Crippen molar-refractivity contribution < 1.29 is 14.7 Å². The van der Waals surface area contributed by atoms with Crippen LogP contribution in [0.2, 0.25) is 0 Å². The van der Waals surface area contributed by atoms with Gasteiger partial charge in [-0.05, 0) is 48.0 Å². The first-order valence-electron chi connectivity index (χ1n) is 5.32. The van der Waals surface area contributed by atoms with E-state index in [-0.39, 0.29) is 18.0 Å². The summed E-state index contributed by atoms with van der Waals surface area (Å²) in [4.78, 5) is 22.8. The number of amides is 1. The van der Waals surface area contributed by atoms with E-state index in [2.05, 4.69) is 21.2 Å². The van der Waals surface area contributed by atoms with Crippen LogP contribution in [0.3, 0.4) is 0 Å². The molecule has 98 valence electrons. The summed E-state index contributed by atoms with van der Waals surface area (Å²) in [5.74, 6) is -1.31. The van der Waals surface area contributed by atoms with E-state index in [1.165, 1.54) is 6.07 Å². The molecule has 0 aliphatic rings. The van der Waals surface area contributed by atoms with Crippen LogP contribution >= 0.6 is 15.9 Å². The van der Waals surface area contributed by atoms with E-state index in [9.17, 15) is 9.59 Å². The molecule has 0 saturated heterocycles. The Morgan fingerprint density at radius 1 is 1.44 bits per heavy atom. The molecule has 0 aliphatic heterocycles. The Kier molecular flexibility index (Phi) is 4.48. The number of benzene rings is 1. The third-order valence-corrected chi connectivity index (χ3v) is 3.27. The highest BCUT2D eigenvalue weighted by Gasteiger charge is 2.26. The van der Waals surface area contributed by atoms with Gasteiger partial charge in [0.25, 0.3) is 0 Å². The number of aromatic carboxylic acids is 1. The minimum Gasteiger partial charge on any atom is -0.478 e. The molecule has 0 fully saturated rings. The van der Waals surface area contributed by atoms with E-state index in [0.717, 1.165) is 0 Å². The molecule has 0 aliphatic carbocycles. The number of nitrogens with two attached hydrogens (primary N) is 1. The van der Waals surface area contributed by atoms with Crippen LogP contribution in [0.25, 0.3) is 0 Å². The number of carbonyl (C=O) groups is 2. The first-order valence-corrected chi connectivity index (χ1v) is 6.11. The van der Waals surface area contributed by atoms with Crippen molar-refractivity contribution >= 4 is 33.5 Å². The molecule has 18 heavy (non-hydrogen) atoms. The molecular weight excluding hydrogens is 300 g/mol. The van der Waals surface area contributed by atoms with Gasteiger partial charge in [-0.25, -0.2) is 4.79 Å². The van der Waals surface area contributed by atoms with Gasteiger partial charge >= 0.3 is 5.97 Å². The number of carboxylic acid groups (broad SMARTS) is 1. The van der Waals surface area contributed by atoms with Gasteiger partial charge in [0, 0.05) is 16.7 Å². The lowest BCUT2D eigenvalue weighted by molar-refractivity contribution is -0.123. The molecule has 0 aromatic heterocycles. The Morgan fingerprint density at radius 3 is 2.56 bits per heavy atom. The second kappa shape index (κ2) is 5.49. The fraction of sp³-hybridized carbons (Fsp3) is 0.333. The Morgan fingerprint density at radius 2 is 2.06 bits per heavy atom. The first-order chi connectivity index (χ1) is 8.27. The smallest absolute Gasteiger partial charge is 0.336 e. The molecule has 0 spiro atoms. The van der Waals surface area contributed by atoms with E-state index < -0.39 is 11.4 Å². The molecule has 0 radical (unpaired) electrons. The van der Waals surface area contributed by atoms with Gasteiger partial charge in [0.15, 0.2) is 0 Å². The van der Waals surface area contributed by atoms with E-state index in [1.54, 1.807) is 26.0 Å². The predicted molar refractivity (Wildman–Crippen MR) is 72.6 cm³/mol. The Bertz CT molecular complexity index is 486. The molecule has 0 atom stereocenters. The molecule has 1 aromatic rings. The van der Waals surface area contributed by atoms with E-state index in [0.29, 0.717) is 10.2 Å². The maximum absolute atomic E-state index is 11.9. The van der Waals surface area contributed by atoms with Crippen LogP contribution in [0, 0.1) is 5.41 Å². The molecule has 1 amide bonds. The number of nitrogens with one attached hydrogen (secondary N) is 1. The fourth-order valence-corrected chi connectivity index (χ4v) is 1.58. The van der Waals surface area contributed by atoms with Crippen LogP contribution in [0.5, 0.6) is 0 Å². The lowest BCUT2D eigenvalue weighted by Crippen LogP contribution is -2.37. The van der Waals surface area contributed by atoms with E-state index >= 15 is 0 Å². The molecule has 5 nitrogen and oxygen atoms in total. The number of halogens is 1. The zero-order valence-corrected chi connectivity index (χ0v) is 11.7. The topological polar surface area (TPSA) is 92.4 Å². The lowest BCUT2D eigenvalue weighted by atomic mass is 9.92. The number of hydrogen-bond donors (Lipinski definition) is 3. The van der Waals surface area contributed by atoms with Crippen molar-refractivity contribution in [3.05, 3.63) is 28.2 Å². The first kappa shape index (κ1) is 14.7.